The Bertz CT molecular complexity index is 1300. The zero-order valence-electron chi connectivity index (χ0n) is 23.3. The van der Waals surface area contributed by atoms with Gasteiger partial charge in [0.15, 0.2) is 0 Å². The number of nitrogens with one attached hydrogen (secondary N) is 1. The van der Waals surface area contributed by atoms with Gasteiger partial charge in [0.05, 0.1) is 12.6 Å². The minimum absolute atomic E-state index is 0.290. The predicted molar refractivity (Wildman–Crippen MR) is 155 cm³/mol. The highest BCUT2D eigenvalue weighted by atomic mass is 16.5. The second-order valence-corrected chi connectivity index (χ2v) is 10.9. The molecule has 39 heavy (non-hydrogen) atoms. The quantitative estimate of drug-likeness (QED) is 0.425. The molecular formula is C29H39N7O3. The summed E-state index contributed by atoms with van der Waals surface area (Å²) in [4.78, 5) is 29.0. The second-order valence-electron chi connectivity index (χ2n) is 10.9. The van der Waals surface area contributed by atoms with Gasteiger partial charge in [0, 0.05) is 89.0 Å². The average molecular weight is 534 g/mol. The van der Waals surface area contributed by atoms with Gasteiger partial charge in [0.25, 0.3) is 0 Å². The molecule has 208 valence electrons. The summed E-state index contributed by atoms with van der Waals surface area (Å²) in [6.45, 7) is 4.87. The van der Waals surface area contributed by atoms with Crippen LogP contribution in [0.15, 0.2) is 42.5 Å². The summed E-state index contributed by atoms with van der Waals surface area (Å²) < 4.78 is 5.69. The summed E-state index contributed by atoms with van der Waals surface area (Å²) in [5.41, 5.74) is 3.34. The Labute approximate surface area is 230 Å². The SMILES string of the molecule is COc1cccc(N(C)C)c1CN1CCC(Nc2nc(N3CC(CN(C)C(=O)O)C3)nc3ccccc23)CC1. The lowest BCUT2D eigenvalue weighted by Crippen LogP contribution is -2.52. The molecule has 2 aromatic carbocycles. The van der Waals surface area contributed by atoms with Crippen molar-refractivity contribution in [3.63, 3.8) is 0 Å². The highest BCUT2D eigenvalue weighted by Gasteiger charge is 2.31. The molecule has 3 heterocycles. The number of carbonyl (C=O) groups is 1. The molecule has 2 N–H and O–H groups in total. The van der Waals surface area contributed by atoms with Crippen LogP contribution in [0.3, 0.4) is 0 Å². The molecule has 0 bridgehead atoms. The minimum atomic E-state index is -0.894. The Balaban J connectivity index is 1.24. The fourth-order valence-corrected chi connectivity index (χ4v) is 5.61. The Morgan fingerprint density at radius 1 is 1.08 bits per heavy atom. The summed E-state index contributed by atoms with van der Waals surface area (Å²) in [6, 6.07) is 14.7. The van der Waals surface area contributed by atoms with E-state index in [4.69, 9.17) is 19.8 Å². The summed E-state index contributed by atoms with van der Waals surface area (Å²) in [6.07, 6.45) is 1.15. The number of nitrogens with zero attached hydrogens (tertiary/aromatic N) is 6. The number of anilines is 3. The number of aromatic nitrogens is 2. The minimum Gasteiger partial charge on any atom is -0.496 e. The number of methoxy groups -OCH3 is 1. The van der Waals surface area contributed by atoms with Crippen molar-refractivity contribution in [1.82, 2.24) is 19.8 Å². The highest BCUT2D eigenvalue weighted by molar-refractivity contribution is 5.90. The molecule has 10 nitrogen and oxygen atoms in total. The van der Waals surface area contributed by atoms with E-state index in [2.05, 4.69) is 46.2 Å². The fraction of sp³-hybridized carbons (Fsp3) is 0.483. The zero-order chi connectivity index (χ0) is 27.5. The van der Waals surface area contributed by atoms with Gasteiger partial charge in [-0.05, 0) is 37.1 Å². The Morgan fingerprint density at radius 3 is 2.51 bits per heavy atom. The van der Waals surface area contributed by atoms with E-state index in [9.17, 15) is 4.79 Å². The van der Waals surface area contributed by atoms with Gasteiger partial charge in [0.2, 0.25) is 5.95 Å². The van der Waals surface area contributed by atoms with Gasteiger partial charge in [0.1, 0.15) is 11.6 Å². The van der Waals surface area contributed by atoms with E-state index >= 15 is 0 Å². The number of carboxylic acid groups (broad SMARTS) is 1. The maximum Gasteiger partial charge on any atom is 0.407 e. The largest absolute Gasteiger partial charge is 0.496 e. The van der Waals surface area contributed by atoms with Gasteiger partial charge in [-0.1, -0.05) is 18.2 Å². The first-order valence-electron chi connectivity index (χ1n) is 13.6. The molecule has 5 rings (SSSR count). The van der Waals surface area contributed by atoms with Crippen molar-refractivity contribution < 1.29 is 14.6 Å². The zero-order valence-corrected chi connectivity index (χ0v) is 23.3. The van der Waals surface area contributed by atoms with Crippen LogP contribution >= 0.6 is 0 Å². The van der Waals surface area contributed by atoms with Crippen LogP contribution in [0.1, 0.15) is 18.4 Å². The van der Waals surface area contributed by atoms with E-state index in [-0.39, 0.29) is 5.92 Å². The van der Waals surface area contributed by atoms with Crippen molar-refractivity contribution in [2.45, 2.75) is 25.4 Å². The number of para-hydroxylation sites is 1. The topological polar surface area (TPSA) is 97.3 Å². The molecule has 0 atom stereocenters. The molecule has 0 spiro atoms. The first-order chi connectivity index (χ1) is 18.8. The molecule has 1 aromatic heterocycles. The molecular weight excluding hydrogens is 494 g/mol. The maximum absolute atomic E-state index is 11.2. The van der Waals surface area contributed by atoms with E-state index in [0.29, 0.717) is 18.5 Å². The van der Waals surface area contributed by atoms with Crippen molar-refractivity contribution in [2.75, 3.05) is 76.1 Å². The van der Waals surface area contributed by atoms with Crippen molar-refractivity contribution >= 4 is 34.4 Å². The molecule has 0 unspecified atom stereocenters. The third-order valence-electron chi connectivity index (χ3n) is 7.81. The molecule has 0 aliphatic carbocycles. The first-order valence-corrected chi connectivity index (χ1v) is 13.6. The normalized spacial score (nSPS) is 16.7. The number of hydrogen-bond donors (Lipinski definition) is 2. The van der Waals surface area contributed by atoms with Crippen LogP contribution in [0, 0.1) is 5.92 Å². The van der Waals surface area contributed by atoms with Gasteiger partial charge in [-0.3, -0.25) is 4.90 Å². The molecule has 2 aliphatic rings. The number of benzene rings is 2. The average Bonchev–Trinajstić information content (AvgIpc) is 2.91. The van der Waals surface area contributed by atoms with E-state index in [1.807, 2.05) is 30.3 Å². The van der Waals surface area contributed by atoms with Gasteiger partial charge < -0.3 is 29.9 Å². The Kier molecular flexibility index (Phi) is 7.92. The van der Waals surface area contributed by atoms with E-state index in [0.717, 1.165) is 68.0 Å². The van der Waals surface area contributed by atoms with Gasteiger partial charge >= 0.3 is 6.09 Å². The summed E-state index contributed by atoms with van der Waals surface area (Å²) in [5.74, 6) is 2.80. The van der Waals surface area contributed by atoms with Crippen LogP contribution < -0.4 is 19.9 Å². The van der Waals surface area contributed by atoms with Crippen molar-refractivity contribution in [1.29, 1.82) is 0 Å². The van der Waals surface area contributed by atoms with Crippen molar-refractivity contribution in [3.05, 3.63) is 48.0 Å². The number of fused-ring (bicyclic) bond motifs is 1. The second kappa shape index (κ2) is 11.5. The van der Waals surface area contributed by atoms with Crippen LogP contribution in [-0.4, -0.2) is 98.0 Å². The van der Waals surface area contributed by atoms with Gasteiger partial charge in [-0.25, -0.2) is 9.78 Å². The van der Waals surface area contributed by atoms with Crippen LogP contribution in [0.25, 0.3) is 10.9 Å². The smallest absolute Gasteiger partial charge is 0.407 e. The third-order valence-corrected chi connectivity index (χ3v) is 7.81. The summed E-state index contributed by atoms with van der Waals surface area (Å²) in [5, 5.41) is 13.9. The molecule has 3 aromatic rings. The molecule has 2 aliphatic heterocycles. The molecule has 10 heteroatoms. The fourth-order valence-electron chi connectivity index (χ4n) is 5.61. The van der Waals surface area contributed by atoms with Crippen LogP contribution in [-0.2, 0) is 6.54 Å². The predicted octanol–water partition coefficient (Wildman–Crippen LogP) is 3.83. The van der Waals surface area contributed by atoms with Crippen LogP contribution in [0.4, 0.5) is 22.2 Å². The Hall–Kier alpha value is -3.79. The molecule has 0 saturated carbocycles. The monoisotopic (exact) mass is 533 g/mol. The Morgan fingerprint density at radius 2 is 1.82 bits per heavy atom. The number of ether oxygens (including phenoxy) is 1. The van der Waals surface area contributed by atoms with Gasteiger partial charge in [-0.2, -0.15) is 4.98 Å². The lowest BCUT2D eigenvalue weighted by Gasteiger charge is -2.40. The molecule has 2 fully saturated rings. The molecule has 2 saturated heterocycles. The third kappa shape index (κ3) is 5.95. The highest BCUT2D eigenvalue weighted by Crippen LogP contribution is 2.32. The number of amides is 1. The molecule has 1 amide bonds. The van der Waals surface area contributed by atoms with Crippen molar-refractivity contribution in [2.24, 2.45) is 5.92 Å². The van der Waals surface area contributed by atoms with Crippen LogP contribution in [0.5, 0.6) is 5.75 Å². The number of piperidine rings is 1. The first kappa shape index (κ1) is 26.8. The lowest BCUT2D eigenvalue weighted by molar-refractivity contribution is 0.145. The lowest BCUT2D eigenvalue weighted by atomic mass is 10.0. The maximum atomic E-state index is 11.2. The van der Waals surface area contributed by atoms with E-state index in [1.165, 1.54) is 16.2 Å². The number of likely N-dealkylation sites (tertiary alicyclic amines) is 1. The van der Waals surface area contributed by atoms with Crippen LogP contribution in [0.2, 0.25) is 0 Å². The van der Waals surface area contributed by atoms with Gasteiger partial charge in [-0.15, -0.1) is 0 Å². The standard InChI is InChI=1S/C29H39N7O3/c1-33(2)25-10-7-11-26(39-4)23(25)19-35-14-12-21(13-15-35)30-27-22-8-5-6-9-24(22)31-28(32-27)36-17-20(18-36)16-34(3)29(37)38/h5-11,20-21H,12-19H2,1-4H3,(H,37,38)(H,30,31,32). The van der Waals surface area contributed by atoms with E-state index in [1.54, 1.807) is 14.2 Å². The summed E-state index contributed by atoms with van der Waals surface area (Å²) >= 11 is 0. The summed E-state index contributed by atoms with van der Waals surface area (Å²) in [7, 11) is 7.50. The molecule has 0 radical (unpaired) electrons. The van der Waals surface area contributed by atoms with E-state index < -0.39 is 6.09 Å². The number of hydrogen-bond acceptors (Lipinski definition) is 8. The number of rotatable bonds is 9. The van der Waals surface area contributed by atoms with Crippen molar-refractivity contribution in [3.8, 4) is 5.75 Å².